The van der Waals surface area contributed by atoms with Gasteiger partial charge in [0, 0.05) is 15.6 Å². The number of oxime groups is 1. The summed E-state index contributed by atoms with van der Waals surface area (Å²) in [5, 5.41) is 12.7. The van der Waals surface area contributed by atoms with Crippen LogP contribution in [0.1, 0.15) is 12.0 Å². The Morgan fingerprint density at radius 1 is 1.60 bits per heavy atom. The normalized spacial score (nSPS) is 19.9. The number of hydrogen-bond acceptors (Lipinski definition) is 3. The smallest absolute Gasteiger partial charge is 0.156 e. The number of aliphatic hydroxyl groups is 1. The van der Waals surface area contributed by atoms with E-state index >= 15 is 0 Å². The van der Waals surface area contributed by atoms with Gasteiger partial charge in [0.15, 0.2) is 6.10 Å². The predicted molar refractivity (Wildman–Crippen MR) is 62.2 cm³/mol. The van der Waals surface area contributed by atoms with E-state index in [-0.39, 0.29) is 18.5 Å². The second-order valence-electron chi connectivity index (χ2n) is 3.28. The van der Waals surface area contributed by atoms with Crippen molar-refractivity contribution in [3.8, 4) is 0 Å². The largest absolute Gasteiger partial charge is 0.392 e. The van der Waals surface area contributed by atoms with Crippen LogP contribution < -0.4 is 0 Å². The Labute approximate surface area is 100 Å². The topological polar surface area (TPSA) is 41.8 Å². The summed E-state index contributed by atoms with van der Waals surface area (Å²) in [6, 6.07) is 4.93. The summed E-state index contributed by atoms with van der Waals surface area (Å²) in [4.78, 5) is 4.95. The van der Waals surface area contributed by atoms with Crippen molar-refractivity contribution in [3.05, 3.63) is 33.1 Å². The maximum atomic E-state index is 13.3. The molecule has 0 amide bonds. The van der Waals surface area contributed by atoms with E-state index in [0.717, 1.165) is 0 Å². The third kappa shape index (κ3) is 2.28. The van der Waals surface area contributed by atoms with Crippen molar-refractivity contribution in [2.45, 2.75) is 12.5 Å². The van der Waals surface area contributed by atoms with Gasteiger partial charge < -0.3 is 9.94 Å². The first-order valence-electron chi connectivity index (χ1n) is 4.49. The molecular weight excluding hydrogens is 312 g/mol. The lowest BCUT2D eigenvalue weighted by atomic mass is 10.1. The van der Waals surface area contributed by atoms with E-state index in [1.807, 2.05) is 22.6 Å². The van der Waals surface area contributed by atoms with Crippen LogP contribution in [0.2, 0.25) is 0 Å². The first-order valence-corrected chi connectivity index (χ1v) is 5.57. The van der Waals surface area contributed by atoms with Gasteiger partial charge in [-0.25, -0.2) is 4.39 Å². The summed E-state index contributed by atoms with van der Waals surface area (Å²) in [6.07, 6.45) is 0.235. The first-order chi connectivity index (χ1) is 7.20. The lowest BCUT2D eigenvalue weighted by Gasteiger charge is -2.02. The minimum Gasteiger partial charge on any atom is -0.392 e. The van der Waals surface area contributed by atoms with Gasteiger partial charge in [0.25, 0.3) is 0 Å². The Bertz CT molecular complexity index is 408. The zero-order chi connectivity index (χ0) is 10.8. The monoisotopic (exact) mass is 321 g/mol. The number of aliphatic hydroxyl groups excluding tert-OH is 1. The number of benzene rings is 1. The van der Waals surface area contributed by atoms with Crippen molar-refractivity contribution in [3.63, 3.8) is 0 Å². The molecule has 1 aliphatic rings. The minimum atomic E-state index is -0.290. The minimum absolute atomic E-state index is 0.0696. The average molecular weight is 321 g/mol. The van der Waals surface area contributed by atoms with Crippen LogP contribution in [-0.2, 0) is 4.84 Å². The lowest BCUT2D eigenvalue weighted by molar-refractivity contribution is 0.0390. The van der Waals surface area contributed by atoms with Crippen molar-refractivity contribution in [2.24, 2.45) is 5.16 Å². The molecule has 0 saturated carbocycles. The van der Waals surface area contributed by atoms with Crippen LogP contribution in [0, 0.1) is 9.39 Å². The van der Waals surface area contributed by atoms with E-state index in [0.29, 0.717) is 21.3 Å². The van der Waals surface area contributed by atoms with Gasteiger partial charge in [-0.3, -0.25) is 0 Å². The van der Waals surface area contributed by atoms with Gasteiger partial charge >= 0.3 is 0 Å². The molecule has 15 heavy (non-hydrogen) atoms. The van der Waals surface area contributed by atoms with Crippen molar-refractivity contribution < 1.29 is 14.3 Å². The Morgan fingerprint density at radius 3 is 3.00 bits per heavy atom. The molecule has 0 saturated heterocycles. The second kappa shape index (κ2) is 4.44. The van der Waals surface area contributed by atoms with Crippen LogP contribution in [0.3, 0.4) is 0 Å². The first kappa shape index (κ1) is 10.8. The average Bonchev–Trinajstić information content (AvgIpc) is 2.70. The number of nitrogens with zero attached hydrogens (tertiary/aromatic N) is 1. The van der Waals surface area contributed by atoms with E-state index in [4.69, 9.17) is 9.94 Å². The van der Waals surface area contributed by atoms with Gasteiger partial charge in [0.2, 0.25) is 0 Å². The quantitative estimate of drug-likeness (QED) is 0.846. The van der Waals surface area contributed by atoms with Gasteiger partial charge in [-0.1, -0.05) is 11.2 Å². The fourth-order valence-corrected chi connectivity index (χ4v) is 1.71. The van der Waals surface area contributed by atoms with E-state index in [9.17, 15) is 4.39 Å². The molecule has 0 radical (unpaired) electrons. The number of hydrogen-bond donors (Lipinski definition) is 1. The summed E-state index contributed by atoms with van der Waals surface area (Å²) in [5.41, 5.74) is 1.40. The van der Waals surface area contributed by atoms with Crippen molar-refractivity contribution in [1.29, 1.82) is 0 Å². The molecule has 1 N–H and O–H groups in total. The van der Waals surface area contributed by atoms with E-state index < -0.39 is 0 Å². The molecule has 0 bridgehead atoms. The van der Waals surface area contributed by atoms with Crippen LogP contribution in [0.15, 0.2) is 23.4 Å². The van der Waals surface area contributed by atoms with Crippen LogP contribution in [0.25, 0.3) is 0 Å². The third-order valence-electron chi connectivity index (χ3n) is 2.19. The molecule has 3 nitrogen and oxygen atoms in total. The molecule has 1 heterocycles. The van der Waals surface area contributed by atoms with Gasteiger partial charge in [-0.05, 0) is 34.7 Å². The fourth-order valence-electron chi connectivity index (χ4n) is 1.37. The van der Waals surface area contributed by atoms with Crippen LogP contribution in [-0.4, -0.2) is 23.5 Å². The Balaban J connectivity index is 2.21. The standard InChI is InChI=1S/C10H9FINO2/c11-8-3-6(1-2-9(8)12)10-4-7(5-14)15-13-10/h1-3,7,14H,4-5H2/t7-/m0/s1. The maximum Gasteiger partial charge on any atom is 0.156 e. The van der Waals surface area contributed by atoms with Gasteiger partial charge in [0.05, 0.1) is 12.3 Å². The van der Waals surface area contributed by atoms with E-state index in [1.165, 1.54) is 6.07 Å². The number of halogens is 2. The summed E-state index contributed by atoms with van der Waals surface area (Å²) >= 11 is 1.93. The van der Waals surface area contributed by atoms with E-state index in [1.54, 1.807) is 12.1 Å². The highest BCUT2D eigenvalue weighted by atomic mass is 127. The molecule has 1 aliphatic heterocycles. The highest BCUT2D eigenvalue weighted by Gasteiger charge is 2.21. The molecule has 1 aromatic carbocycles. The van der Waals surface area contributed by atoms with E-state index in [2.05, 4.69) is 5.16 Å². The summed E-state index contributed by atoms with van der Waals surface area (Å²) in [7, 11) is 0. The zero-order valence-corrected chi connectivity index (χ0v) is 9.94. The molecule has 0 spiro atoms. The number of rotatable bonds is 2. The highest BCUT2D eigenvalue weighted by Crippen LogP contribution is 2.19. The fraction of sp³-hybridized carbons (Fsp3) is 0.300. The van der Waals surface area contributed by atoms with Gasteiger partial charge in [-0.15, -0.1) is 0 Å². The molecular formula is C10H9FINO2. The predicted octanol–water partition coefficient (Wildman–Crippen LogP) is 1.92. The summed E-state index contributed by atoms with van der Waals surface area (Å²) in [5.74, 6) is -0.261. The van der Waals surface area contributed by atoms with Gasteiger partial charge in [-0.2, -0.15) is 0 Å². The molecule has 0 aromatic heterocycles. The van der Waals surface area contributed by atoms with Crippen LogP contribution in [0.5, 0.6) is 0 Å². The molecule has 1 atom stereocenters. The maximum absolute atomic E-state index is 13.3. The molecule has 0 aliphatic carbocycles. The Kier molecular flexibility index (Phi) is 3.20. The molecule has 80 valence electrons. The highest BCUT2D eigenvalue weighted by molar-refractivity contribution is 14.1. The SMILES string of the molecule is OC[C@@H]1CC(c2ccc(I)c(F)c2)=NO1. The molecule has 0 fully saturated rings. The Morgan fingerprint density at radius 2 is 2.40 bits per heavy atom. The van der Waals surface area contributed by atoms with Crippen molar-refractivity contribution in [2.75, 3.05) is 6.61 Å². The van der Waals surface area contributed by atoms with Crippen LogP contribution in [0.4, 0.5) is 4.39 Å². The molecule has 5 heteroatoms. The van der Waals surface area contributed by atoms with Crippen molar-refractivity contribution >= 4 is 28.3 Å². The molecule has 2 rings (SSSR count). The Hall–Kier alpha value is -0.690. The molecule has 1 aromatic rings. The summed E-state index contributed by atoms with van der Waals surface area (Å²) in [6.45, 7) is -0.0696. The second-order valence-corrected chi connectivity index (χ2v) is 4.44. The van der Waals surface area contributed by atoms with Crippen molar-refractivity contribution in [1.82, 2.24) is 0 Å². The third-order valence-corrected chi connectivity index (χ3v) is 3.06. The molecule has 0 unspecified atom stereocenters. The van der Waals surface area contributed by atoms with Crippen LogP contribution >= 0.6 is 22.6 Å². The zero-order valence-electron chi connectivity index (χ0n) is 7.78. The summed E-state index contributed by atoms with van der Waals surface area (Å²) < 4.78 is 13.8. The van der Waals surface area contributed by atoms with Gasteiger partial charge in [0.1, 0.15) is 5.82 Å². The lowest BCUT2D eigenvalue weighted by Crippen LogP contribution is -2.12.